The maximum absolute atomic E-state index is 5.87. The molecule has 3 nitrogen and oxygen atoms in total. The molecule has 118 valence electrons. The van der Waals surface area contributed by atoms with E-state index in [2.05, 4.69) is 43.9 Å². The Morgan fingerprint density at radius 3 is 2.64 bits per heavy atom. The second-order valence-electron chi connectivity index (χ2n) is 5.01. The molecular weight excluding hydrogens is 408 g/mol. The first-order chi connectivity index (χ1) is 10.7. The summed E-state index contributed by atoms with van der Waals surface area (Å²) in [4.78, 5) is 0. The van der Waals surface area contributed by atoms with E-state index in [1.165, 1.54) is 19.3 Å². The molecule has 0 aliphatic carbocycles. The van der Waals surface area contributed by atoms with Crippen molar-refractivity contribution in [3.05, 3.63) is 45.5 Å². The van der Waals surface area contributed by atoms with Gasteiger partial charge in [-0.25, -0.2) is 4.68 Å². The minimum atomic E-state index is 0.664. The molecule has 0 amide bonds. The van der Waals surface area contributed by atoms with Crippen LogP contribution in [-0.4, -0.2) is 16.4 Å². The van der Waals surface area contributed by atoms with E-state index in [0.717, 1.165) is 21.1 Å². The number of hydrogen-bond acceptors (Lipinski definition) is 2. The van der Waals surface area contributed by atoms with Crippen molar-refractivity contribution < 1.29 is 4.74 Å². The van der Waals surface area contributed by atoms with Crippen LogP contribution in [-0.2, 0) is 0 Å². The van der Waals surface area contributed by atoms with Crippen molar-refractivity contribution in [2.24, 2.45) is 0 Å². The first-order valence-corrected chi connectivity index (χ1v) is 9.10. The minimum Gasteiger partial charge on any atom is -0.476 e. The predicted octanol–water partition coefficient (Wildman–Crippen LogP) is 5.92. The summed E-state index contributed by atoms with van der Waals surface area (Å²) < 4.78 is 8.58. The van der Waals surface area contributed by atoms with Crippen LogP contribution in [0.25, 0.3) is 11.8 Å². The average Bonchev–Trinajstić information content (AvgIpc) is 2.90. The lowest BCUT2D eigenvalue weighted by Gasteiger charge is -2.04. The minimum absolute atomic E-state index is 0.664. The van der Waals surface area contributed by atoms with Crippen LogP contribution in [0.15, 0.2) is 39.9 Å². The summed E-state index contributed by atoms with van der Waals surface area (Å²) in [6.45, 7) is 2.91. The predicted molar refractivity (Wildman–Crippen MR) is 99.0 cm³/mol. The summed E-state index contributed by atoms with van der Waals surface area (Å²) in [5.41, 5.74) is 1.96. The summed E-state index contributed by atoms with van der Waals surface area (Å²) in [5.74, 6) is 0.664. The third-order valence-electron chi connectivity index (χ3n) is 3.23. The SMILES string of the molecule is CCCCCCOc1nn(-c2ccccc2)cc1C=C(Br)Br. The molecule has 2 aromatic rings. The van der Waals surface area contributed by atoms with E-state index >= 15 is 0 Å². The number of ether oxygens (including phenoxy) is 1. The van der Waals surface area contributed by atoms with Gasteiger partial charge in [-0.3, -0.25) is 0 Å². The molecular formula is C17H20Br2N2O. The first-order valence-electron chi connectivity index (χ1n) is 7.51. The lowest BCUT2D eigenvalue weighted by molar-refractivity contribution is 0.291. The lowest BCUT2D eigenvalue weighted by atomic mass is 10.2. The van der Waals surface area contributed by atoms with Crippen molar-refractivity contribution >= 4 is 37.9 Å². The lowest BCUT2D eigenvalue weighted by Crippen LogP contribution is -2.00. The van der Waals surface area contributed by atoms with Gasteiger partial charge in [-0.05, 0) is 56.5 Å². The molecule has 0 bridgehead atoms. The number of rotatable bonds is 8. The third-order valence-corrected chi connectivity index (χ3v) is 3.69. The Balaban J connectivity index is 2.13. The maximum Gasteiger partial charge on any atom is 0.240 e. The van der Waals surface area contributed by atoms with E-state index < -0.39 is 0 Å². The van der Waals surface area contributed by atoms with Crippen molar-refractivity contribution in [1.82, 2.24) is 9.78 Å². The molecule has 2 rings (SSSR count). The third kappa shape index (κ3) is 5.29. The second-order valence-corrected chi connectivity index (χ2v) is 7.79. The monoisotopic (exact) mass is 426 g/mol. The number of aromatic nitrogens is 2. The molecule has 0 unspecified atom stereocenters. The molecule has 1 heterocycles. The van der Waals surface area contributed by atoms with Crippen LogP contribution in [0.2, 0.25) is 0 Å². The smallest absolute Gasteiger partial charge is 0.240 e. The number of benzene rings is 1. The van der Waals surface area contributed by atoms with Gasteiger partial charge in [0.05, 0.1) is 21.2 Å². The second kappa shape index (κ2) is 9.16. The Morgan fingerprint density at radius 1 is 1.18 bits per heavy atom. The zero-order chi connectivity index (χ0) is 15.8. The summed E-state index contributed by atoms with van der Waals surface area (Å²) in [5, 5.41) is 4.56. The van der Waals surface area contributed by atoms with Gasteiger partial charge in [-0.15, -0.1) is 5.10 Å². The van der Waals surface area contributed by atoms with Gasteiger partial charge in [0.2, 0.25) is 5.88 Å². The topological polar surface area (TPSA) is 27.1 Å². The highest BCUT2D eigenvalue weighted by molar-refractivity contribution is 9.28. The Bertz CT molecular complexity index is 604. The van der Waals surface area contributed by atoms with Crippen LogP contribution in [0.1, 0.15) is 38.2 Å². The first kappa shape index (κ1) is 17.3. The highest BCUT2D eigenvalue weighted by atomic mass is 79.9. The molecule has 0 fully saturated rings. The summed E-state index contributed by atoms with van der Waals surface area (Å²) in [6.07, 6.45) is 8.66. The van der Waals surface area contributed by atoms with Crippen LogP contribution in [0, 0.1) is 0 Å². The van der Waals surface area contributed by atoms with Gasteiger partial charge in [0.25, 0.3) is 0 Å². The zero-order valence-electron chi connectivity index (χ0n) is 12.6. The summed E-state index contributed by atoms with van der Waals surface area (Å²) >= 11 is 6.80. The van der Waals surface area contributed by atoms with Gasteiger partial charge < -0.3 is 4.74 Å². The summed E-state index contributed by atoms with van der Waals surface area (Å²) in [7, 11) is 0. The fourth-order valence-corrected chi connectivity index (χ4v) is 2.60. The van der Waals surface area contributed by atoms with Crippen LogP contribution in [0.3, 0.4) is 0 Å². The zero-order valence-corrected chi connectivity index (χ0v) is 15.8. The Morgan fingerprint density at radius 2 is 1.95 bits per heavy atom. The molecule has 0 radical (unpaired) electrons. The van der Waals surface area contributed by atoms with Crippen molar-refractivity contribution in [2.75, 3.05) is 6.61 Å². The van der Waals surface area contributed by atoms with E-state index in [9.17, 15) is 0 Å². The largest absolute Gasteiger partial charge is 0.476 e. The van der Waals surface area contributed by atoms with Crippen molar-refractivity contribution in [3.63, 3.8) is 0 Å². The van der Waals surface area contributed by atoms with Crippen molar-refractivity contribution in [3.8, 4) is 11.6 Å². The van der Waals surface area contributed by atoms with Crippen LogP contribution < -0.4 is 4.74 Å². The highest BCUT2D eigenvalue weighted by Gasteiger charge is 2.10. The number of hydrogen-bond donors (Lipinski definition) is 0. The molecule has 0 aliphatic rings. The van der Waals surface area contributed by atoms with E-state index in [4.69, 9.17) is 4.74 Å². The van der Waals surface area contributed by atoms with E-state index in [1.807, 2.05) is 47.3 Å². The van der Waals surface area contributed by atoms with Gasteiger partial charge in [0.15, 0.2) is 0 Å². The van der Waals surface area contributed by atoms with Crippen molar-refractivity contribution in [2.45, 2.75) is 32.6 Å². The van der Waals surface area contributed by atoms with Gasteiger partial charge in [0.1, 0.15) is 0 Å². The van der Waals surface area contributed by atoms with Gasteiger partial charge in [-0.2, -0.15) is 0 Å². The van der Waals surface area contributed by atoms with Gasteiger partial charge in [-0.1, -0.05) is 44.4 Å². The standard InChI is InChI=1S/C17H20Br2N2O/c1-2-3-4-8-11-22-17-14(12-16(18)19)13-21(20-17)15-9-6-5-7-10-15/h5-7,9-10,12-13H,2-4,8,11H2,1H3. The van der Waals surface area contributed by atoms with E-state index in [0.29, 0.717) is 12.5 Å². The molecule has 0 saturated carbocycles. The Hall–Kier alpha value is -1.07. The van der Waals surface area contributed by atoms with Crippen molar-refractivity contribution in [1.29, 1.82) is 0 Å². The van der Waals surface area contributed by atoms with Gasteiger partial charge in [0, 0.05) is 6.20 Å². The Labute approximate surface area is 148 Å². The number of unbranched alkanes of at least 4 members (excludes halogenated alkanes) is 3. The molecule has 22 heavy (non-hydrogen) atoms. The quantitative estimate of drug-likeness (QED) is 0.489. The summed E-state index contributed by atoms with van der Waals surface area (Å²) in [6, 6.07) is 10.0. The maximum atomic E-state index is 5.87. The Kier molecular flexibility index (Phi) is 7.19. The molecule has 5 heteroatoms. The molecule has 0 atom stereocenters. The molecule has 0 saturated heterocycles. The molecule has 1 aromatic heterocycles. The normalized spacial score (nSPS) is 10.5. The van der Waals surface area contributed by atoms with E-state index in [-0.39, 0.29) is 0 Å². The fraction of sp³-hybridized carbons (Fsp3) is 0.353. The molecule has 0 spiro atoms. The molecule has 1 aromatic carbocycles. The molecule has 0 N–H and O–H groups in total. The highest BCUT2D eigenvalue weighted by Crippen LogP contribution is 2.26. The fourth-order valence-electron chi connectivity index (χ4n) is 2.11. The average molecular weight is 428 g/mol. The van der Waals surface area contributed by atoms with E-state index in [1.54, 1.807) is 0 Å². The number of nitrogens with zero attached hydrogens (tertiary/aromatic N) is 2. The van der Waals surface area contributed by atoms with Gasteiger partial charge >= 0.3 is 0 Å². The number of para-hydroxylation sites is 1. The number of halogens is 2. The molecule has 0 aliphatic heterocycles. The van der Waals surface area contributed by atoms with Crippen LogP contribution in [0.5, 0.6) is 5.88 Å². The van der Waals surface area contributed by atoms with Crippen LogP contribution >= 0.6 is 31.9 Å². The van der Waals surface area contributed by atoms with Crippen LogP contribution in [0.4, 0.5) is 0 Å².